The molecule has 0 bridgehead atoms. The van der Waals surface area contributed by atoms with Crippen LogP contribution < -0.4 is 4.74 Å². The highest BCUT2D eigenvalue weighted by atomic mass is 19.1. The van der Waals surface area contributed by atoms with Gasteiger partial charge in [0.1, 0.15) is 11.6 Å². The SMILES string of the molecule is COc1ccc(CN(C(=O)Cc2ccccc2F)C(C)C2CC2)cc1. The van der Waals surface area contributed by atoms with Crippen molar-refractivity contribution in [1.82, 2.24) is 4.90 Å². The Morgan fingerprint density at radius 2 is 1.88 bits per heavy atom. The summed E-state index contributed by atoms with van der Waals surface area (Å²) in [6.45, 7) is 2.63. The molecule has 0 radical (unpaired) electrons. The molecule has 1 saturated carbocycles. The van der Waals surface area contributed by atoms with Gasteiger partial charge in [-0.15, -0.1) is 0 Å². The number of carbonyl (C=O) groups is 1. The largest absolute Gasteiger partial charge is 0.497 e. The van der Waals surface area contributed by atoms with E-state index in [1.165, 1.54) is 6.07 Å². The van der Waals surface area contributed by atoms with Gasteiger partial charge in [-0.3, -0.25) is 4.79 Å². The van der Waals surface area contributed by atoms with Gasteiger partial charge in [0.05, 0.1) is 13.5 Å². The first-order valence-electron chi connectivity index (χ1n) is 8.74. The molecule has 0 heterocycles. The molecule has 1 unspecified atom stereocenters. The predicted molar refractivity (Wildman–Crippen MR) is 95.8 cm³/mol. The molecule has 1 atom stereocenters. The maximum atomic E-state index is 13.9. The van der Waals surface area contributed by atoms with E-state index in [2.05, 4.69) is 6.92 Å². The van der Waals surface area contributed by atoms with Crippen LogP contribution in [-0.2, 0) is 17.8 Å². The van der Waals surface area contributed by atoms with Crippen LogP contribution in [0.25, 0.3) is 0 Å². The molecule has 1 aliphatic rings. The van der Waals surface area contributed by atoms with Crippen LogP contribution in [0.3, 0.4) is 0 Å². The number of nitrogens with zero attached hydrogens (tertiary/aromatic N) is 1. The summed E-state index contributed by atoms with van der Waals surface area (Å²) in [7, 11) is 1.63. The third-order valence-corrected chi connectivity index (χ3v) is 4.93. The first-order valence-corrected chi connectivity index (χ1v) is 8.74. The topological polar surface area (TPSA) is 29.5 Å². The molecular formula is C21H24FNO2. The summed E-state index contributed by atoms with van der Waals surface area (Å²) < 4.78 is 19.1. The van der Waals surface area contributed by atoms with Gasteiger partial charge in [-0.1, -0.05) is 30.3 Å². The highest BCUT2D eigenvalue weighted by Crippen LogP contribution is 2.36. The van der Waals surface area contributed by atoms with Crippen molar-refractivity contribution in [3.63, 3.8) is 0 Å². The summed E-state index contributed by atoms with van der Waals surface area (Å²) in [6.07, 6.45) is 2.42. The molecule has 4 heteroatoms. The Hall–Kier alpha value is -2.36. The maximum Gasteiger partial charge on any atom is 0.227 e. The fourth-order valence-electron chi connectivity index (χ4n) is 3.13. The Morgan fingerprint density at radius 1 is 1.20 bits per heavy atom. The lowest BCUT2D eigenvalue weighted by Crippen LogP contribution is -2.40. The molecule has 3 rings (SSSR count). The molecule has 1 amide bonds. The van der Waals surface area contributed by atoms with Gasteiger partial charge >= 0.3 is 0 Å². The predicted octanol–water partition coefficient (Wildman–Crippen LogP) is 4.20. The van der Waals surface area contributed by atoms with Crippen LogP contribution in [0.1, 0.15) is 30.9 Å². The van der Waals surface area contributed by atoms with E-state index in [0.717, 1.165) is 24.2 Å². The summed E-state index contributed by atoms with van der Waals surface area (Å²) in [5, 5.41) is 0. The fraction of sp³-hybridized carbons (Fsp3) is 0.381. The van der Waals surface area contributed by atoms with Crippen LogP contribution in [0.5, 0.6) is 5.75 Å². The fourth-order valence-corrected chi connectivity index (χ4v) is 3.13. The third-order valence-electron chi connectivity index (χ3n) is 4.93. The normalized spacial score (nSPS) is 14.8. The first-order chi connectivity index (χ1) is 12.1. The Labute approximate surface area is 148 Å². The Bertz CT molecular complexity index is 725. The van der Waals surface area contributed by atoms with Crippen LogP contribution in [0.2, 0.25) is 0 Å². The summed E-state index contributed by atoms with van der Waals surface area (Å²) in [5.41, 5.74) is 1.51. The number of methoxy groups -OCH3 is 1. The van der Waals surface area contributed by atoms with Gasteiger partial charge in [0.25, 0.3) is 0 Å². The Morgan fingerprint density at radius 3 is 2.48 bits per heavy atom. The minimum Gasteiger partial charge on any atom is -0.497 e. The van der Waals surface area contributed by atoms with E-state index < -0.39 is 0 Å². The number of hydrogen-bond donors (Lipinski definition) is 0. The first kappa shape index (κ1) is 17.5. The second-order valence-electron chi connectivity index (χ2n) is 6.72. The van der Waals surface area contributed by atoms with Gasteiger partial charge in [0, 0.05) is 12.6 Å². The minimum atomic E-state index is -0.320. The van der Waals surface area contributed by atoms with Crippen molar-refractivity contribution in [3.05, 3.63) is 65.5 Å². The van der Waals surface area contributed by atoms with Gasteiger partial charge in [0.2, 0.25) is 5.91 Å². The van der Waals surface area contributed by atoms with Gasteiger partial charge in [-0.05, 0) is 55.0 Å². The van der Waals surface area contributed by atoms with Crippen molar-refractivity contribution in [2.75, 3.05) is 7.11 Å². The number of carbonyl (C=O) groups excluding carboxylic acids is 1. The summed E-state index contributed by atoms with van der Waals surface area (Å²) in [5.74, 6) is 1.01. The summed E-state index contributed by atoms with van der Waals surface area (Å²) in [6, 6.07) is 14.4. The standard InChI is InChI=1S/C21H24FNO2/c1-15(17-9-10-17)23(14-16-7-11-19(25-2)12-8-16)21(24)13-18-5-3-4-6-20(18)22/h3-8,11-12,15,17H,9-10,13-14H2,1-2H3. The van der Waals surface area contributed by atoms with E-state index in [0.29, 0.717) is 18.0 Å². The van der Waals surface area contributed by atoms with Gasteiger partial charge in [-0.25, -0.2) is 4.39 Å². The lowest BCUT2D eigenvalue weighted by Gasteiger charge is -2.30. The molecule has 2 aromatic rings. The van der Waals surface area contributed by atoms with Gasteiger partial charge < -0.3 is 9.64 Å². The second-order valence-corrected chi connectivity index (χ2v) is 6.72. The summed E-state index contributed by atoms with van der Waals surface area (Å²) in [4.78, 5) is 14.8. The summed E-state index contributed by atoms with van der Waals surface area (Å²) >= 11 is 0. The monoisotopic (exact) mass is 341 g/mol. The number of amides is 1. The number of halogens is 1. The number of benzene rings is 2. The molecule has 0 saturated heterocycles. The lowest BCUT2D eigenvalue weighted by atomic mass is 10.1. The third kappa shape index (κ3) is 4.38. The highest BCUT2D eigenvalue weighted by Gasteiger charge is 2.34. The maximum absolute atomic E-state index is 13.9. The highest BCUT2D eigenvalue weighted by molar-refractivity contribution is 5.79. The average molecular weight is 341 g/mol. The van der Waals surface area contributed by atoms with Crippen molar-refractivity contribution in [2.45, 2.75) is 38.8 Å². The molecular weight excluding hydrogens is 317 g/mol. The van der Waals surface area contributed by atoms with Gasteiger partial charge in [-0.2, -0.15) is 0 Å². The van der Waals surface area contributed by atoms with Crippen LogP contribution in [0, 0.1) is 11.7 Å². The number of rotatable bonds is 7. The number of hydrogen-bond acceptors (Lipinski definition) is 2. The van der Waals surface area contributed by atoms with Crippen molar-refractivity contribution >= 4 is 5.91 Å². The zero-order valence-electron chi connectivity index (χ0n) is 14.7. The van der Waals surface area contributed by atoms with Crippen LogP contribution >= 0.6 is 0 Å². The minimum absolute atomic E-state index is 0.0275. The molecule has 132 valence electrons. The van der Waals surface area contributed by atoms with Crippen LogP contribution in [0.15, 0.2) is 48.5 Å². The molecule has 0 aromatic heterocycles. The lowest BCUT2D eigenvalue weighted by molar-refractivity contribution is -0.133. The van der Waals surface area contributed by atoms with E-state index in [4.69, 9.17) is 4.74 Å². The zero-order chi connectivity index (χ0) is 17.8. The van der Waals surface area contributed by atoms with Crippen LogP contribution in [-0.4, -0.2) is 24.0 Å². The van der Waals surface area contributed by atoms with Crippen molar-refractivity contribution in [1.29, 1.82) is 0 Å². The molecule has 3 nitrogen and oxygen atoms in total. The van der Waals surface area contributed by atoms with E-state index >= 15 is 0 Å². The molecule has 0 spiro atoms. The van der Waals surface area contributed by atoms with Crippen molar-refractivity contribution < 1.29 is 13.9 Å². The Balaban J connectivity index is 1.76. The molecule has 25 heavy (non-hydrogen) atoms. The van der Waals surface area contributed by atoms with Crippen molar-refractivity contribution in [3.8, 4) is 5.75 Å². The molecule has 2 aromatic carbocycles. The van der Waals surface area contributed by atoms with E-state index in [1.54, 1.807) is 25.3 Å². The van der Waals surface area contributed by atoms with Gasteiger partial charge in [0.15, 0.2) is 0 Å². The molecule has 1 aliphatic carbocycles. The van der Waals surface area contributed by atoms with E-state index in [-0.39, 0.29) is 24.2 Å². The Kier molecular flexibility index (Phi) is 5.37. The van der Waals surface area contributed by atoms with E-state index in [1.807, 2.05) is 29.2 Å². The average Bonchev–Trinajstić information content (AvgIpc) is 3.46. The number of ether oxygens (including phenoxy) is 1. The molecule has 0 aliphatic heterocycles. The second kappa shape index (κ2) is 7.68. The molecule has 1 fully saturated rings. The zero-order valence-corrected chi connectivity index (χ0v) is 14.7. The van der Waals surface area contributed by atoms with Crippen LogP contribution in [0.4, 0.5) is 4.39 Å². The van der Waals surface area contributed by atoms with Crippen molar-refractivity contribution in [2.24, 2.45) is 5.92 Å². The quantitative estimate of drug-likeness (QED) is 0.755. The van der Waals surface area contributed by atoms with E-state index in [9.17, 15) is 9.18 Å². The smallest absolute Gasteiger partial charge is 0.227 e. The molecule has 0 N–H and O–H groups in total.